The molecule has 0 bridgehead atoms. The number of benzene rings is 1. The Morgan fingerprint density at radius 1 is 1.35 bits per heavy atom. The van der Waals surface area contributed by atoms with Crippen molar-refractivity contribution in [1.29, 1.82) is 0 Å². The summed E-state index contributed by atoms with van der Waals surface area (Å²) in [5.41, 5.74) is 3.76. The molecule has 1 aromatic carbocycles. The van der Waals surface area contributed by atoms with Crippen molar-refractivity contribution in [2.24, 2.45) is 0 Å². The summed E-state index contributed by atoms with van der Waals surface area (Å²) in [6.45, 7) is 8.28. The molecule has 0 radical (unpaired) electrons. The van der Waals surface area contributed by atoms with Crippen LogP contribution < -0.4 is 5.32 Å². The zero-order chi connectivity index (χ0) is 18.5. The summed E-state index contributed by atoms with van der Waals surface area (Å²) in [4.78, 5) is 14.5. The zero-order valence-corrected chi connectivity index (χ0v) is 15.9. The number of likely N-dealkylation sites (tertiary alicyclic amines) is 1. The van der Waals surface area contributed by atoms with E-state index in [-0.39, 0.29) is 12.1 Å². The number of hydrogen-bond donors (Lipinski definition) is 1. The third-order valence-corrected chi connectivity index (χ3v) is 4.57. The lowest BCUT2D eigenvalue weighted by Crippen LogP contribution is -2.45. The molecular weight excluding hydrogens is 328 g/mol. The quantitative estimate of drug-likeness (QED) is 0.883. The Bertz CT molecular complexity index is 756. The number of nitrogens with one attached hydrogen (secondary N) is 1. The second-order valence-electron chi connectivity index (χ2n) is 6.90. The van der Waals surface area contributed by atoms with Gasteiger partial charge in [0.2, 0.25) is 0 Å². The highest BCUT2D eigenvalue weighted by molar-refractivity contribution is 5.89. The number of amides is 2. The van der Waals surface area contributed by atoms with Crippen molar-refractivity contribution in [1.82, 2.24) is 14.7 Å². The maximum absolute atomic E-state index is 12.6. The monoisotopic (exact) mass is 356 g/mol. The largest absolute Gasteiger partial charge is 0.376 e. The molecule has 3 rings (SSSR count). The number of hydrogen-bond acceptors (Lipinski definition) is 3. The van der Waals surface area contributed by atoms with Crippen LogP contribution in [0.3, 0.4) is 0 Å². The highest BCUT2D eigenvalue weighted by atomic mass is 16.5. The molecule has 1 atom stereocenters. The second kappa shape index (κ2) is 8.36. The molecule has 6 heteroatoms. The summed E-state index contributed by atoms with van der Waals surface area (Å²) in [7, 11) is 0. The second-order valence-corrected chi connectivity index (χ2v) is 6.90. The third-order valence-electron chi connectivity index (χ3n) is 4.57. The number of anilines is 1. The molecule has 6 nitrogen and oxygen atoms in total. The average molecular weight is 356 g/mol. The van der Waals surface area contributed by atoms with E-state index in [4.69, 9.17) is 4.74 Å². The first-order valence-corrected chi connectivity index (χ1v) is 9.38. The van der Waals surface area contributed by atoms with E-state index in [0.717, 1.165) is 55.2 Å². The zero-order valence-electron chi connectivity index (χ0n) is 15.9. The topological polar surface area (TPSA) is 59.4 Å². The predicted octanol–water partition coefficient (Wildman–Crippen LogP) is 3.91. The molecule has 26 heavy (non-hydrogen) atoms. The van der Waals surface area contributed by atoms with Gasteiger partial charge in [0.05, 0.1) is 17.5 Å². The summed E-state index contributed by atoms with van der Waals surface area (Å²) in [6, 6.07) is 9.75. The first kappa shape index (κ1) is 18.5. The Labute approximate surface area is 155 Å². The minimum absolute atomic E-state index is 0.0692. The molecule has 1 saturated heterocycles. The molecule has 0 saturated carbocycles. The van der Waals surface area contributed by atoms with E-state index in [1.54, 1.807) is 0 Å². The average Bonchev–Trinajstić information content (AvgIpc) is 2.98. The molecule has 1 unspecified atom stereocenters. The normalized spacial score (nSPS) is 17.3. The van der Waals surface area contributed by atoms with Gasteiger partial charge in [0.15, 0.2) is 0 Å². The van der Waals surface area contributed by atoms with Crippen LogP contribution in [0.4, 0.5) is 10.5 Å². The lowest BCUT2D eigenvalue weighted by atomic mass is 10.1. The van der Waals surface area contributed by atoms with Gasteiger partial charge in [-0.25, -0.2) is 9.48 Å². The molecule has 140 valence electrons. The molecular formula is C20H28N4O2. The van der Waals surface area contributed by atoms with Gasteiger partial charge in [-0.2, -0.15) is 5.10 Å². The number of nitrogens with zero attached hydrogens (tertiary/aromatic N) is 3. The van der Waals surface area contributed by atoms with Crippen LogP contribution in [0.1, 0.15) is 37.6 Å². The Morgan fingerprint density at radius 3 is 2.92 bits per heavy atom. The van der Waals surface area contributed by atoms with Crippen LogP contribution in [0.5, 0.6) is 0 Å². The fraction of sp³-hybridized carbons (Fsp3) is 0.500. The number of piperidine rings is 1. The van der Waals surface area contributed by atoms with E-state index in [1.165, 1.54) is 0 Å². The number of ether oxygens (including phenoxy) is 1. The van der Waals surface area contributed by atoms with Crippen molar-refractivity contribution in [3.63, 3.8) is 0 Å². The van der Waals surface area contributed by atoms with Gasteiger partial charge in [-0.1, -0.05) is 13.0 Å². The minimum Gasteiger partial charge on any atom is -0.376 e. The Kier molecular flexibility index (Phi) is 5.93. The van der Waals surface area contributed by atoms with Crippen LogP contribution in [0.2, 0.25) is 0 Å². The van der Waals surface area contributed by atoms with Crippen molar-refractivity contribution in [2.75, 3.05) is 25.0 Å². The predicted molar refractivity (Wildman–Crippen MR) is 103 cm³/mol. The summed E-state index contributed by atoms with van der Waals surface area (Å²) in [5.74, 6) is 0. The maximum Gasteiger partial charge on any atom is 0.321 e. The molecule has 1 aliphatic rings. The number of urea groups is 1. The highest BCUT2D eigenvalue weighted by Gasteiger charge is 2.24. The van der Waals surface area contributed by atoms with Gasteiger partial charge in [0.1, 0.15) is 0 Å². The first-order valence-electron chi connectivity index (χ1n) is 9.38. The van der Waals surface area contributed by atoms with E-state index >= 15 is 0 Å². The van der Waals surface area contributed by atoms with Crippen molar-refractivity contribution < 1.29 is 9.53 Å². The summed E-state index contributed by atoms with van der Waals surface area (Å²) in [6.07, 6.45) is 3.16. The van der Waals surface area contributed by atoms with E-state index < -0.39 is 0 Å². The van der Waals surface area contributed by atoms with Crippen molar-refractivity contribution in [3.05, 3.63) is 41.7 Å². The van der Waals surface area contributed by atoms with Gasteiger partial charge in [-0.3, -0.25) is 0 Å². The summed E-state index contributed by atoms with van der Waals surface area (Å²) >= 11 is 0. The maximum atomic E-state index is 12.6. The Balaban J connectivity index is 1.66. The Morgan fingerprint density at radius 2 is 2.19 bits per heavy atom. The van der Waals surface area contributed by atoms with Gasteiger partial charge in [-0.15, -0.1) is 0 Å². The van der Waals surface area contributed by atoms with Crippen LogP contribution in [0.25, 0.3) is 5.69 Å². The van der Waals surface area contributed by atoms with E-state index in [9.17, 15) is 4.79 Å². The van der Waals surface area contributed by atoms with E-state index in [1.807, 2.05) is 53.8 Å². The first-order chi connectivity index (χ1) is 12.6. The van der Waals surface area contributed by atoms with Crippen LogP contribution in [-0.2, 0) is 4.74 Å². The van der Waals surface area contributed by atoms with E-state index in [2.05, 4.69) is 17.3 Å². The molecule has 1 N–H and O–H groups in total. The number of aromatic nitrogens is 2. The van der Waals surface area contributed by atoms with Gasteiger partial charge in [-0.05, 0) is 57.4 Å². The van der Waals surface area contributed by atoms with Crippen molar-refractivity contribution in [3.8, 4) is 5.69 Å². The number of carbonyl (C=O) groups is 1. The number of rotatable bonds is 5. The Hall–Kier alpha value is -2.34. The lowest BCUT2D eigenvalue weighted by Gasteiger charge is -2.32. The smallest absolute Gasteiger partial charge is 0.321 e. The van der Waals surface area contributed by atoms with Gasteiger partial charge >= 0.3 is 6.03 Å². The molecule has 1 fully saturated rings. The van der Waals surface area contributed by atoms with Crippen LogP contribution >= 0.6 is 0 Å². The van der Waals surface area contributed by atoms with Crippen molar-refractivity contribution >= 4 is 11.7 Å². The number of aryl methyl sites for hydroxylation is 2. The van der Waals surface area contributed by atoms with Gasteiger partial charge < -0.3 is 15.0 Å². The summed E-state index contributed by atoms with van der Waals surface area (Å²) < 4.78 is 7.71. The molecule has 1 aliphatic heterocycles. The van der Waals surface area contributed by atoms with Gasteiger partial charge in [0.25, 0.3) is 0 Å². The van der Waals surface area contributed by atoms with E-state index in [0.29, 0.717) is 6.54 Å². The molecule has 0 aliphatic carbocycles. The summed E-state index contributed by atoms with van der Waals surface area (Å²) in [5, 5.41) is 7.52. The molecule has 1 aromatic heterocycles. The minimum atomic E-state index is -0.0692. The third kappa shape index (κ3) is 4.43. The van der Waals surface area contributed by atoms with Gasteiger partial charge in [0, 0.05) is 31.1 Å². The van der Waals surface area contributed by atoms with Crippen molar-refractivity contribution in [2.45, 2.75) is 46.1 Å². The number of carbonyl (C=O) groups excluding carboxylic acids is 1. The fourth-order valence-electron chi connectivity index (χ4n) is 3.35. The lowest BCUT2D eigenvalue weighted by molar-refractivity contribution is 0.0115. The van der Waals surface area contributed by atoms with Crippen LogP contribution in [-0.4, -0.2) is 46.5 Å². The molecule has 2 amide bonds. The molecule has 2 aromatic rings. The SMILES string of the molecule is CCCOC1CCCN(C(=O)Nc2cccc(-n3nc(C)cc3C)c2)C1. The van der Waals surface area contributed by atoms with Crippen LogP contribution in [0.15, 0.2) is 30.3 Å². The highest BCUT2D eigenvalue weighted by Crippen LogP contribution is 2.19. The standard InChI is InChI=1S/C20H28N4O2/c1-4-11-26-19-9-6-10-23(14-19)20(25)21-17-7-5-8-18(13-17)24-16(3)12-15(2)22-24/h5,7-8,12-13,19H,4,6,9-11,14H2,1-3H3,(H,21,25). The molecule has 2 heterocycles. The molecule has 0 spiro atoms. The van der Waals surface area contributed by atoms with Crippen LogP contribution in [0, 0.1) is 13.8 Å². The fourth-order valence-corrected chi connectivity index (χ4v) is 3.35.